The molecule has 112 valence electrons. The fourth-order valence-electron chi connectivity index (χ4n) is 3.25. The first-order valence-electron chi connectivity index (χ1n) is 7.42. The lowest BCUT2D eigenvalue weighted by molar-refractivity contribution is -0.138. The molecule has 2 unspecified atom stereocenters. The minimum absolute atomic E-state index is 0. The standard InChI is InChI=1S/C14H27N3O.ClH/c1-12-5-3-6-13(2)17(12)14(18)11-16-9-4-7-15-8-10-16;/h12-13,15H,3-11H2,1-2H3;1H. The van der Waals surface area contributed by atoms with E-state index in [0.717, 1.165) is 45.4 Å². The second-order valence-electron chi connectivity index (χ2n) is 5.81. The lowest BCUT2D eigenvalue weighted by Crippen LogP contribution is -2.51. The van der Waals surface area contributed by atoms with Crippen LogP contribution < -0.4 is 5.32 Å². The van der Waals surface area contributed by atoms with Gasteiger partial charge in [0.25, 0.3) is 0 Å². The predicted octanol–water partition coefficient (Wildman–Crippen LogP) is 1.49. The van der Waals surface area contributed by atoms with Gasteiger partial charge in [-0.2, -0.15) is 0 Å². The number of hydrogen-bond donors (Lipinski definition) is 1. The first-order valence-corrected chi connectivity index (χ1v) is 7.42. The molecule has 0 aromatic rings. The number of nitrogens with zero attached hydrogens (tertiary/aromatic N) is 2. The summed E-state index contributed by atoms with van der Waals surface area (Å²) in [5.41, 5.74) is 0. The summed E-state index contributed by atoms with van der Waals surface area (Å²) in [4.78, 5) is 16.9. The number of rotatable bonds is 2. The third-order valence-corrected chi connectivity index (χ3v) is 4.27. The van der Waals surface area contributed by atoms with E-state index in [-0.39, 0.29) is 12.4 Å². The van der Waals surface area contributed by atoms with Crippen molar-refractivity contribution in [3.05, 3.63) is 0 Å². The maximum absolute atomic E-state index is 12.5. The molecule has 2 aliphatic heterocycles. The molecule has 0 aromatic heterocycles. The van der Waals surface area contributed by atoms with E-state index in [9.17, 15) is 4.79 Å². The van der Waals surface area contributed by atoms with Crippen molar-refractivity contribution in [2.24, 2.45) is 0 Å². The predicted molar refractivity (Wildman–Crippen MR) is 80.8 cm³/mol. The second-order valence-corrected chi connectivity index (χ2v) is 5.81. The van der Waals surface area contributed by atoms with E-state index < -0.39 is 0 Å². The van der Waals surface area contributed by atoms with Crippen molar-refractivity contribution in [3.8, 4) is 0 Å². The van der Waals surface area contributed by atoms with E-state index in [1.807, 2.05) is 0 Å². The Morgan fingerprint density at radius 1 is 1.11 bits per heavy atom. The van der Waals surface area contributed by atoms with E-state index >= 15 is 0 Å². The minimum atomic E-state index is 0. The zero-order chi connectivity index (χ0) is 13.0. The van der Waals surface area contributed by atoms with Gasteiger partial charge in [0.05, 0.1) is 6.54 Å². The Kier molecular flexibility index (Phi) is 7.11. The second kappa shape index (κ2) is 8.08. The van der Waals surface area contributed by atoms with Crippen molar-refractivity contribution in [1.82, 2.24) is 15.1 Å². The Bertz CT molecular complexity index is 270. The molecule has 2 atom stereocenters. The summed E-state index contributed by atoms with van der Waals surface area (Å²) in [7, 11) is 0. The van der Waals surface area contributed by atoms with Crippen molar-refractivity contribution < 1.29 is 4.79 Å². The normalized spacial score (nSPS) is 29.5. The summed E-state index contributed by atoms with van der Waals surface area (Å²) in [6, 6.07) is 0.845. The monoisotopic (exact) mass is 289 g/mol. The third-order valence-electron chi connectivity index (χ3n) is 4.27. The lowest BCUT2D eigenvalue weighted by Gasteiger charge is -2.40. The van der Waals surface area contributed by atoms with Crippen LogP contribution in [-0.2, 0) is 4.79 Å². The number of hydrogen-bond acceptors (Lipinski definition) is 3. The van der Waals surface area contributed by atoms with Crippen LogP contribution in [0.1, 0.15) is 39.5 Å². The molecule has 2 fully saturated rings. The molecule has 2 saturated heterocycles. The Labute approximate surface area is 123 Å². The SMILES string of the molecule is CC1CCCC(C)N1C(=O)CN1CCCNCC1.Cl. The fourth-order valence-corrected chi connectivity index (χ4v) is 3.25. The maximum Gasteiger partial charge on any atom is 0.237 e. The Morgan fingerprint density at radius 3 is 2.47 bits per heavy atom. The van der Waals surface area contributed by atoms with Crippen molar-refractivity contribution in [2.75, 3.05) is 32.7 Å². The van der Waals surface area contributed by atoms with Gasteiger partial charge in [-0.05, 0) is 52.6 Å². The van der Waals surface area contributed by atoms with Crippen LogP contribution in [0.25, 0.3) is 0 Å². The first-order chi connectivity index (χ1) is 8.68. The molecular formula is C14H28ClN3O. The van der Waals surface area contributed by atoms with Gasteiger partial charge in [0.15, 0.2) is 0 Å². The Hall–Kier alpha value is -0.320. The molecule has 0 saturated carbocycles. The largest absolute Gasteiger partial charge is 0.336 e. The highest BCUT2D eigenvalue weighted by Crippen LogP contribution is 2.22. The molecule has 0 aromatic carbocycles. The quantitative estimate of drug-likeness (QED) is 0.837. The number of amides is 1. The summed E-state index contributed by atoms with van der Waals surface area (Å²) in [6.07, 6.45) is 4.74. The number of carbonyl (C=O) groups excluding carboxylic acids is 1. The summed E-state index contributed by atoms with van der Waals surface area (Å²) < 4.78 is 0. The zero-order valence-corrected chi connectivity index (χ0v) is 13.0. The van der Waals surface area contributed by atoms with Gasteiger partial charge in [0.1, 0.15) is 0 Å². The van der Waals surface area contributed by atoms with Crippen LogP contribution in [0.2, 0.25) is 0 Å². The van der Waals surface area contributed by atoms with Crippen molar-refractivity contribution in [1.29, 1.82) is 0 Å². The van der Waals surface area contributed by atoms with Crippen LogP contribution in [0.5, 0.6) is 0 Å². The molecule has 2 aliphatic rings. The minimum Gasteiger partial charge on any atom is -0.336 e. The number of piperidine rings is 1. The highest BCUT2D eigenvalue weighted by atomic mass is 35.5. The van der Waals surface area contributed by atoms with E-state index in [1.54, 1.807) is 0 Å². The van der Waals surface area contributed by atoms with Crippen LogP contribution in [-0.4, -0.2) is 60.5 Å². The Morgan fingerprint density at radius 2 is 1.79 bits per heavy atom. The Balaban J connectivity index is 0.00000180. The van der Waals surface area contributed by atoms with Crippen LogP contribution in [0.15, 0.2) is 0 Å². The molecule has 1 N–H and O–H groups in total. The number of carbonyl (C=O) groups is 1. The van der Waals surface area contributed by atoms with Gasteiger partial charge in [-0.3, -0.25) is 9.69 Å². The van der Waals surface area contributed by atoms with E-state index in [2.05, 4.69) is 29.0 Å². The fraction of sp³-hybridized carbons (Fsp3) is 0.929. The van der Waals surface area contributed by atoms with Crippen LogP contribution in [0, 0.1) is 0 Å². The molecule has 0 spiro atoms. The molecule has 0 radical (unpaired) electrons. The van der Waals surface area contributed by atoms with Crippen LogP contribution >= 0.6 is 12.4 Å². The summed E-state index contributed by atoms with van der Waals surface area (Å²) in [6.45, 7) is 9.14. The third kappa shape index (κ3) is 4.62. The van der Waals surface area contributed by atoms with Crippen LogP contribution in [0.4, 0.5) is 0 Å². The first kappa shape index (κ1) is 16.7. The van der Waals surface area contributed by atoms with Crippen molar-refractivity contribution in [3.63, 3.8) is 0 Å². The molecule has 19 heavy (non-hydrogen) atoms. The van der Waals surface area contributed by atoms with Gasteiger partial charge in [0.2, 0.25) is 5.91 Å². The van der Waals surface area contributed by atoms with Crippen molar-refractivity contribution >= 4 is 18.3 Å². The average Bonchev–Trinajstić information content (AvgIpc) is 2.57. The van der Waals surface area contributed by atoms with Crippen LogP contribution in [0.3, 0.4) is 0 Å². The highest BCUT2D eigenvalue weighted by Gasteiger charge is 2.29. The van der Waals surface area contributed by atoms with Gasteiger partial charge in [-0.1, -0.05) is 0 Å². The summed E-state index contributed by atoms with van der Waals surface area (Å²) >= 11 is 0. The number of nitrogens with one attached hydrogen (secondary N) is 1. The van der Waals surface area contributed by atoms with E-state index in [0.29, 0.717) is 24.5 Å². The van der Waals surface area contributed by atoms with Crippen molar-refractivity contribution in [2.45, 2.75) is 51.6 Å². The molecule has 0 bridgehead atoms. The van der Waals surface area contributed by atoms with Gasteiger partial charge < -0.3 is 10.2 Å². The van der Waals surface area contributed by atoms with E-state index in [1.165, 1.54) is 6.42 Å². The van der Waals surface area contributed by atoms with Gasteiger partial charge in [0, 0.05) is 25.2 Å². The summed E-state index contributed by atoms with van der Waals surface area (Å²) in [5.74, 6) is 0.330. The molecule has 2 heterocycles. The lowest BCUT2D eigenvalue weighted by atomic mass is 9.97. The van der Waals surface area contributed by atoms with Gasteiger partial charge in [-0.25, -0.2) is 0 Å². The summed E-state index contributed by atoms with van der Waals surface area (Å²) in [5, 5.41) is 3.38. The topological polar surface area (TPSA) is 35.6 Å². The molecular weight excluding hydrogens is 262 g/mol. The van der Waals surface area contributed by atoms with E-state index in [4.69, 9.17) is 0 Å². The molecule has 2 rings (SSSR count). The maximum atomic E-state index is 12.5. The number of likely N-dealkylation sites (tertiary alicyclic amines) is 1. The zero-order valence-electron chi connectivity index (χ0n) is 12.2. The molecule has 4 nitrogen and oxygen atoms in total. The number of halogens is 1. The molecule has 1 amide bonds. The highest BCUT2D eigenvalue weighted by molar-refractivity contribution is 5.85. The van der Waals surface area contributed by atoms with Gasteiger partial charge >= 0.3 is 0 Å². The molecule has 5 heteroatoms. The average molecular weight is 290 g/mol. The van der Waals surface area contributed by atoms with Gasteiger partial charge in [-0.15, -0.1) is 12.4 Å². The smallest absolute Gasteiger partial charge is 0.237 e. The molecule has 0 aliphatic carbocycles.